The smallest absolute Gasteiger partial charge is 0.246 e. The summed E-state index contributed by atoms with van der Waals surface area (Å²) in [5.74, 6) is 1.74. The molecule has 0 N–H and O–H groups in total. The van der Waals surface area contributed by atoms with Gasteiger partial charge in [0.2, 0.25) is 11.8 Å². The molecule has 3 fully saturated rings. The molecule has 2 saturated heterocycles. The summed E-state index contributed by atoms with van der Waals surface area (Å²) in [7, 11) is 0. The number of hydrogen-bond donors (Lipinski definition) is 0. The third-order valence-electron chi connectivity index (χ3n) is 6.04. The number of carbonyl (C=O) groups excluding carboxylic acids is 2. The quantitative estimate of drug-likeness (QED) is 0.783. The number of rotatable bonds is 2. The molecule has 2 heterocycles. The minimum Gasteiger partial charge on any atom is -0.329 e. The van der Waals surface area contributed by atoms with Crippen LogP contribution in [-0.2, 0) is 9.59 Å². The minimum absolute atomic E-state index is 0.171. The first kappa shape index (κ1) is 14.9. The summed E-state index contributed by atoms with van der Waals surface area (Å²) in [6, 6.07) is -0.160. The lowest BCUT2D eigenvalue weighted by molar-refractivity contribution is -0.165. The van der Waals surface area contributed by atoms with Gasteiger partial charge in [0.1, 0.15) is 12.1 Å². The minimum atomic E-state index is -0.246. The van der Waals surface area contributed by atoms with Crippen LogP contribution < -0.4 is 0 Å². The van der Waals surface area contributed by atoms with Crippen molar-refractivity contribution in [2.75, 3.05) is 6.54 Å². The van der Waals surface area contributed by atoms with Gasteiger partial charge in [-0.25, -0.2) is 0 Å². The molecule has 118 valence electrons. The zero-order chi connectivity index (χ0) is 15.3. The summed E-state index contributed by atoms with van der Waals surface area (Å²) < 4.78 is 0. The van der Waals surface area contributed by atoms with Gasteiger partial charge in [0.15, 0.2) is 0 Å². The van der Waals surface area contributed by atoms with E-state index in [9.17, 15) is 9.59 Å². The third kappa shape index (κ3) is 2.18. The van der Waals surface area contributed by atoms with Crippen molar-refractivity contribution in [2.45, 2.75) is 71.5 Å². The van der Waals surface area contributed by atoms with Crippen LogP contribution in [-0.4, -0.2) is 46.3 Å². The second-order valence-corrected chi connectivity index (χ2v) is 7.61. The number of fused-ring (bicyclic) bond motifs is 1. The van der Waals surface area contributed by atoms with Crippen molar-refractivity contribution in [1.29, 1.82) is 0 Å². The van der Waals surface area contributed by atoms with Crippen molar-refractivity contribution in [3.8, 4) is 0 Å². The van der Waals surface area contributed by atoms with Crippen molar-refractivity contribution >= 4 is 11.8 Å². The molecule has 21 heavy (non-hydrogen) atoms. The van der Waals surface area contributed by atoms with Gasteiger partial charge in [0.25, 0.3) is 0 Å². The molecule has 4 heteroatoms. The number of piperazine rings is 1. The fraction of sp³-hybridized carbons (Fsp3) is 0.882. The van der Waals surface area contributed by atoms with E-state index in [-0.39, 0.29) is 35.9 Å². The fourth-order valence-corrected chi connectivity index (χ4v) is 4.59. The average molecular weight is 292 g/mol. The van der Waals surface area contributed by atoms with E-state index in [0.717, 1.165) is 25.8 Å². The first-order valence-electron chi connectivity index (χ1n) is 8.56. The van der Waals surface area contributed by atoms with E-state index in [2.05, 4.69) is 27.7 Å². The van der Waals surface area contributed by atoms with Crippen molar-refractivity contribution < 1.29 is 9.59 Å². The molecule has 1 saturated carbocycles. The SMILES string of the molecule is CC(C)C1C(=O)N2CCCC2C(=O)N1C1CCC(C)C1C. The highest BCUT2D eigenvalue weighted by Crippen LogP contribution is 2.40. The molecule has 3 aliphatic rings. The predicted molar refractivity (Wildman–Crippen MR) is 81.6 cm³/mol. The Kier molecular flexibility index (Phi) is 3.74. The lowest BCUT2D eigenvalue weighted by Crippen LogP contribution is -2.67. The maximum absolute atomic E-state index is 13.0. The molecule has 2 aliphatic heterocycles. The molecular weight excluding hydrogens is 264 g/mol. The number of amides is 2. The van der Waals surface area contributed by atoms with E-state index in [1.54, 1.807) is 0 Å². The van der Waals surface area contributed by atoms with Crippen LogP contribution >= 0.6 is 0 Å². The first-order valence-corrected chi connectivity index (χ1v) is 8.56. The van der Waals surface area contributed by atoms with Crippen LogP contribution in [0.4, 0.5) is 0 Å². The van der Waals surface area contributed by atoms with Crippen LogP contribution in [0.1, 0.15) is 53.4 Å². The van der Waals surface area contributed by atoms with Crippen molar-refractivity contribution in [3.05, 3.63) is 0 Å². The highest BCUT2D eigenvalue weighted by Gasteiger charge is 2.52. The molecule has 0 aromatic carbocycles. The molecule has 5 atom stereocenters. The standard InChI is InChI=1S/C17H28N2O2/c1-10(2)15-17(21)18-9-5-6-14(18)16(20)19(15)13-8-7-11(3)12(13)4/h10-15H,5-9H2,1-4H3. The molecule has 4 nitrogen and oxygen atoms in total. The maximum Gasteiger partial charge on any atom is 0.246 e. The Morgan fingerprint density at radius 1 is 1.05 bits per heavy atom. The van der Waals surface area contributed by atoms with E-state index >= 15 is 0 Å². The van der Waals surface area contributed by atoms with Gasteiger partial charge in [-0.1, -0.05) is 27.7 Å². The van der Waals surface area contributed by atoms with Gasteiger partial charge >= 0.3 is 0 Å². The lowest BCUT2D eigenvalue weighted by Gasteiger charge is -2.48. The summed E-state index contributed by atoms with van der Waals surface area (Å²) in [4.78, 5) is 29.8. The van der Waals surface area contributed by atoms with Crippen molar-refractivity contribution in [2.24, 2.45) is 17.8 Å². The molecule has 5 unspecified atom stereocenters. The van der Waals surface area contributed by atoms with Gasteiger partial charge in [-0.15, -0.1) is 0 Å². The molecule has 0 bridgehead atoms. The fourth-order valence-electron chi connectivity index (χ4n) is 4.59. The highest BCUT2D eigenvalue weighted by atomic mass is 16.2. The number of nitrogens with zero attached hydrogens (tertiary/aromatic N) is 2. The summed E-state index contributed by atoms with van der Waals surface area (Å²) in [5, 5.41) is 0. The van der Waals surface area contributed by atoms with E-state index in [1.807, 2.05) is 9.80 Å². The van der Waals surface area contributed by atoms with Crippen LogP contribution in [0.15, 0.2) is 0 Å². The third-order valence-corrected chi connectivity index (χ3v) is 6.04. The molecule has 0 radical (unpaired) electrons. The van der Waals surface area contributed by atoms with Gasteiger partial charge in [-0.3, -0.25) is 9.59 Å². The molecule has 0 aromatic rings. The van der Waals surface area contributed by atoms with E-state index in [0.29, 0.717) is 11.8 Å². The Bertz CT molecular complexity index is 448. The number of carbonyl (C=O) groups is 2. The Hall–Kier alpha value is -1.06. The Morgan fingerprint density at radius 2 is 1.76 bits per heavy atom. The Balaban J connectivity index is 1.95. The van der Waals surface area contributed by atoms with Crippen LogP contribution in [0.3, 0.4) is 0 Å². The second kappa shape index (κ2) is 5.29. The van der Waals surface area contributed by atoms with E-state index < -0.39 is 0 Å². The summed E-state index contributed by atoms with van der Waals surface area (Å²) >= 11 is 0. The van der Waals surface area contributed by atoms with Gasteiger partial charge in [-0.2, -0.15) is 0 Å². The Labute approximate surface area is 127 Å². The van der Waals surface area contributed by atoms with Crippen molar-refractivity contribution in [3.63, 3.8) is 0 Å². The zero-order valence-electron chi connectivity index (χ0n) is 13.7. The average Bonchev–Trinajstić information content (AvgIpc) is 3.03. The second-order valence-electron chi connectivity index (χ2n) is 7.61. The predicted octanol–water partition coefficient (Wildman–Crippen LogP) is 2.28. The molecular formula is C17H28N2O2. The van der Waals surface area contributed by atoms with Crippen LogP contribution in [0, 0.1) is 17.8 Å². The van der Waals surface area contributed by atoms with E-state index in [1.165, 1.54) is 6.42 Å². The topological polar surface area (TPSA) is 40.6 Å². The van der Waals surface area contributed by atoms with Gasteiger partial charge in [0.05, 0.1) is 0 Å². The molecule has 1 aliphatic carbocycles. The van der Waals surface area contributed by atoms with Crippen LogP contribution in [0.2, 0.25) is 0 Å². The van der Waals surface area contributed by atoms with Gasteiger partial charge in [-0.05, 0) is 43.4 Å². The summed E-state index contributed by atoms with van der Waals surface area (Å²) in [6.07, 6.45) is 4.04. The first-order chi connectivity index (χ1) is 9.93. The highest BCUT2D eigenvalue weighted by molar-refractivity contribution is 5.97. The van der Waals surface area contributed by atoms with Gasteiger partial charge < -0.3 is 9.80 Å². The molecule has 0 aromatic heterocycles. The monoisotopic (exact) mass is 292 g/mol. The van der Waals surface area contributed by atoms with Crippen molar-refractivity contribution in [1.82, 2.24) is 9.80 Å². The molecule has 2 amide bonds. The van der Waals surface area contributed by atoms with Crippen LogP contribution in [0.25, 0.3) is 0 Å². The van der Waals surface area contributed by atoms with Gasteiger partial charge in [0, 0.05) is 12.6 Å². The summed E-state index contributed by atoms with van der Waals surface area (Å²) in [5.41, 5.74) is 0. The van der Waals surface area contributed by atoms with Crippen LogP contribution in [0.5, 0.6) is 0 Å². The molecule has 0 spiro atoms. The van der Waals surface area contributed by atoms with E-state index in [4.69, 9.17) is 0 Å². The maximum atomic E-state index is 13.0. The lowest BCUT2D eigenvalue weighted by atomic mass is 9.90. The largest absolute Gasteiger partial charge is 0.329 e. The zero-order valence-corrected chi connectivity index (χ0v) is 13.7. The molecule has 3 rings (SSSR count). The summed E-state index contributed by atoms with van der Waals surface area (Å²) in [6.45, 7) is 9.43. The Morgan fingerprint density at radius 3 is 2.33 bits per heavy atom. The normalized spacial score (nSPS) is 40.3. The number of hydrogen-bond acceptors (Lipinski definition) is 2.